The van der Waals surface area contributed by atoms with Crippen LogP contribution in [0.15, 0.2) is 146 Å². The van der Waals surface area contributed by atoms with Gasteiger partial charge in [-0.25, -0.2) is 53.9 Å². The van der Waals surface area contributed by atoms with Gasteiger partial charge in [0.25, 0.3) is 0 Å². The van der Waals surface area contributed by atoms with Crippen LogP contribution < -0.4 is 0 Å². The van der Waals surface area contributed by atoms with Crippen molar-refractivity contribution in [3.05, 3.63) is 281 Å². The van der Waals surface area contributed by atoms with Gasteiger partial charge in [0.2, 0.25) is 0 Å². The van der Waals surface area contributed by atoms with Crippen molar-refractivity contribution in [3.63, 3.8) is 0 Å². The van der Waals surface area contributed by atoms with Gasteiger partial charge in [0.15, 0.2) is 0 Å². The minimum Gasteiger partial charge on any atom is -0.478 e. The van der Waals surface area contributed by atoms with E-state index >= 15 is 26.3 Å². The number of nitrogens with zero attached hydrogens (tertiary/aromatic N) is 9. The molecule has 24 heteroatoms. The molecule has 15 nitrogen and oxygen atoms in total. The van der Waals surface area contributed by atoms with Gasteiger partial charge in [-0.2, -0.15) is 15.3 Å². The molecule has 576 valence electrons. The van der Waals surface area contributed by atoms with E-state index in [-0.39, 0.29) is 71.1 Å². The van der Waals surface area contributed by atoms with Crippen molar-refractivity contribution in [1.82, 2.24) is 44.0 Å². The van der Waals surface area contributed by atoms with Gasteiger partial charge in [-0.15, -0.1) is 0 Å². The van der Waals surface area contributed by atoms with Crippen LogP contribution in [-0.2, 0) is 54.8 Å². The third-order valence-electron chi connectivity index (χ3n) is 18.8. The molecule has 111 heavy (non-hydrogen) atoms. The Kier molecular flexibility index (Phi) is 25.3. The molecule has 9 aromatic rings. The molecule has 0 saturated heterocycles. The molecule has 0 aliphatic carbocycles. The number of carboxylic acid groups (broad SMARTS) is 3. The Balaban J connectivity index is 0.000000177. The first-order chi connectivity index (χ1) is 52.2. The first-order valence-corrected chi connectivity index (χ1v) is 35.7. The topological polar surface area (TPSA) is 175 Å². The van der Waals surface area contributed by atoms with Crippen LogP contribution in [0.4, 0.5) is 39.5 Å². The number of benzene rings is 6. The van der Waals surface area contributed by atoms with E-state index < -0.39 is 87.9 Å². The fourth-order valence-corrected chi connectivity index (χ4v) is 14.3. The van der Waals surface area contributed by atoms with E-state index in [1.807, 2.05) is 60.1 Å². The Morgan fingerprint density at radius 3 is 0.820 bits per heavy atom. The van der Waals surface area contributed by atoms with Crippen LogP contribution in [0.3, 0.4) is 0 Å². The van der Waals surface area contributed by atoms with E-state index in [4.69, 9.17) is 15.3 Å². The van der Waals surface area contributed by atoms with Gasteiger partial charge < -0.3 is 15.3 Å². The largest absolute Gasteiger partial charge is 0.478 e. The van der Waals surface area contributed by atoms with E-state index in [1.165, 1.54) is 41.5 Å². The maximum atomic E-state index is 15.5. The number of aryl methyl sites for hydroxylation is 3. The van der Waals surface area contributed by atoms with Crippen molar-refractivity contribution < 1.29 is 69.2 Å². The van der Waals surface area contributed by atoms with Crippen molar-refractivity contribution >= 4 is 36.1 Å². The fraction of sp³-hybridized carbons (Fsp3) is 0.310. The summed E-state index contributed by atoms with van der Waals surface area (Å²) in [5, 5.41) is 38.9. The number of carbonyl (C=O) groups is 3. The Morgan fingerprint density at radius 1 is 0.396 bits per heavy atom. The van der Waals surface area contributed by atoms with Gasteiger partial charge in [-0.05, 0) is 223 Å². The molecule has 0 saturated carbocycles. The smallest absolute Gasteiger partial charge is 0.328 e. The molecule has 0 fully saturated rings. The fourth-order valence-electron chi connectivity index (χ4n) is 14.3. The summed E-state index contributed by atoms with van der Waals surface area (Å²) in [6.07, 6.45) is 18.0. The van der Waals surface area contributed by atoms with Crippen LogP contribution in [0.5, 0.6) is 0 Å². The zero-order valence-electron chi connectivity index (χ0n) is 63.3. The summed E-state index contributed by atoms with van der Waals surface area (Å²) < 4.78 is 142. The maximum Gasteiger partial charge on any atom is 0.328 e. The van der Waals surface area contributed by atoms with Gasteiger partial charge in [0, 0.05) is 129 Å². The Morgan fingerprint density at radius 2 is 0.622 bits per heavy atom. The second-order valence-electron chi connectivity index (χ2n) is 29.9. The van der Waals surface area contributed by atoms with Crippen molar-refractivity contribution in [3.8, 4) is 35.5 Å². The third kappa shape index (κ3) is 21.3. The number of aliphatic carboxylic acids is 3. The molecule has 0 radical (unpaired) electrons. The number of aromatic nitrogens is 6. The van der Waals surface area contributed by atoms with Crippen molar-refractivity contribution in [2.24, 2.45) is 21.1 Å². The number of alkyl halides is 3. The second-order valence-corrected chi connectivity index (χ2v) is 29.9. The predicted octanol–water partition coefficient (Wildman–Crippen LogP) is 15.8. The van der Waals surface area contributed by atoms with Crippen LogP contribution >= 0.6 is 0 Å². The lowest BCUT2D eigenvalue weighted by atomic mass is 9.83. The average Bonchev–Trinajstić information content (AvgIpc) is 1.01. The lowest BCUT2D eigenvalue weighted by molar-refractivity contribution is -0.132. The van der Waals surface area contributed by atoms with Gasteiger partial charge in [0.05, 0.1) is 53.4 Å². The second kappa shape index (κ2) is 34.2. The molecule has 3 aromatic heterocycles. The summed E-state index contributed by atoms with van der Waals surface area (Å²) in [6, 6.07) is 19.9. The molecule has 12 rings (SSSR count). The van der Waals surface area contributed by atoms with Gasteiger partial charge >= 0.3 is 17.9 Å². The van der Waals surface area contributed by atoms with E-state index in [0.29, 0.717) is 36.0 Å². The zero-order chi connectivity index (χ0) is 80.7. The van der Waals surface area contributed by atoms with Crippen molar-refractivity contribution in [1.29, 1.82) is 0 Å². The standard InChI is InChI=1S/3C29H28F3N3O2/c3*1-18-11-22-12-19(5-6-21-15-33-34(4)16-21)7-9-23(22)28(35(18)17-29(2,3)32)27-24(30)13-20(14-25(27)31)8-10-26(36)37/h3*7-10,12-16,18,28H,11,17H2,1-4H3,(H,36,37)/b3*10-8+/t2*18-,28+;/m10./s1. The SMILES string of the molecule is CC1Cc2cc(C#Cc3cnn(C)c3)ccc2C(c2c(F)cc(/C=C/C(=O)O)cc2F)N1CC(C)(C)F.C[C@@H]1Cc2cc(C#Cc3cnn(C)c3)ccc2[C@@H](c2c(F)cc(/C=C/C(=O)O)cc2F)N1CC(C)(C)F.C[C@H]1Cc2cc(C#Cc3cnn(C)c3)ccc2[C@H](c2c(F)cc(/C=C/C(=O)O)cc2F)N1CC(C)(C)F. The molecule has 3 aliphatic heterocycles. The first-order valence-electron chi connectivity index (χ1n) is 35.7. The Labute approximate surface area is 639 Å². The monoisotopic (exact) mass is 1520 g/mol. The molecule has 0 amide bonds. The molecule has 6 atom stereocenters. The molecular formula is C87H84F9N9O6. The Hall–Kier alpha value is -11.5. The Bertz CT molecular complexity index is 4730. The number of rotatable bonds is 15. The molecular weight excluding hydrogens is 1440 g/mol. The predicted molar refractivity (Wildman–Crippen MR) is 407 cm³/mol. The minimum absolute atomic E-state index is 0.0274. The molecule has 3 aliphatic rings. The van der Waals surface area contributed by atoms with E-state index in [9.17, 15) is 27.6 Å². The normalized spacial score (nSPS) is 17.9. The molecule has 0 bridgehead atoms. The quantitative estimate of drug-likeness (QED) is 0.0504. The highest BCUT2D eigenvalue weighted by molar-refractivity contribution is 5.86. The molecule has 0 spiro atoms. The lowest BCUT2D eigenvalue weighted by Gasteiger charge is -2.44. The summed E-state index contributed by atoms with van der Waals surface area (Å²) >= 11 is 0. The number of hydrogen-bond donors (Lipinski definition) is 3. The summed E-state index contributed by atoms with van der Waals surface area (Å²) in [4.78, 5) is 37.9. The highest BCUT2D eigenvalue weighted by Gasteiger charge is 2.43. The van der Waals surface area contributed by atoms with Crippen LogP contribution in [0.25, 0.3) is 18.2 Å². The van der Waals surface area contributed by atoms with E-state index in [2.05, 4.69) is 50.8 Å². The average molecular weight is 1520 g/mol. The molecule has 2 unspecified atom stereocenters. The lowest BCUT2D eigenvalue weighted by Crippen LogP contribution is -2.48. The van der Waals surface area contributed by atoms with Crippen LogP contribution in [0.1, 0.15) is 181 Å². The molecule has 6 aromatic carbocycles. The van der Waals surface area contributed by atoms with E-state index in [1.54, 1.807) is 102 Å². The van der Waals surface area contributed by atoms with Crippen molar-refractivity contribution in [2.75, 3.05) is 19.6 Å². The first kappa shape index (κ1) is 82.0. The van der Waals surface area contributed by atoms with Gasteiger partial charge in [-0.3, -0.25) is 28.7 Å². The summed E-state index contributed by atoms with van der Waals surface area (Å²) in [5.41, 5.74) is 4.13. The molecule has 6 heterocycles. The summed E-state index contributed by atoms with van der Waals surface area (Å²) in [6.45, 7) is 14.3. The summed E-state index contributed by atoms with van der Waals surface area (Å²) in [5.74, 6) is 9.94. The van der Waals surface area contributed by atoms with Gasteiger partial charge in [-0.1, -0.05) is 53.7 Å². The number of halogens is 9. The number of carboxylic acids is 3. The third-order valence-corrected chi connectivity index (χ3v) is 18.8. The van der Waals surface area contributed by atoms with Crippen LogP contribution in [-0.4, -0.2) is 132 Å². The van der Waals surface area contributed by atoms with E-state index in [0.717, 1.165) is 123 Å². The molecule has 3 N–H and O–H groups in total. The maximum absolute atomic E-state index is 15.5. The summed E-state index contributed by atoms with van der Waals surface area (Å²) in [7, 11) is 5.43. The minimum atomic E-state index is -1.60. The zero-order valence-corrected chi connectivity index (χ0v) is 63.3. The number of hydrogen-bond acceptors (Lipinski definition) is 9. The van der Waals surface area contributed by atoms with Crippen LogP contribution in [0.2, 0.25) is 0 Å². The van der Waals surface area contributed by atoms with Crippen LogP contribution in [0, 0.1) is 70.4 Å². The van der Waals surface area contributed by atoms with Crippen molar-refractivity contribution in [2.45, 2.75) is 135 Å². The highest BCUT2D eigenvalue weighted by atomic mass is 19.2. The highest BCUT2D eigenvalue weighted by Crippen LogP contribution is 2.46. The number of fused-ring (bicyclic) bond motifs is 3. The van der Waals surface area contributed by atoms with Gasteiger partial charge in [0.1, 0.15) is 51.9 Å².